The van der Waals surface area contributed by atoms with E-state index in [1.165, 1.54) is 30.5 Å². The molecular weight excluding hydrogens is 416 g/mol. The van der Waals surface area contributed by atoms with E-state index in [0.717, 1.165) is 5.56 Å². The molecule has 0 aliphatic rings. The van der Waals surface area contributed by atoms with Crippen molar-refractivity contribution in [2.75, 3.05) is 11.1 Å². The van der Waals surface area contributed by atoms with Crippen molar-refractivity contribution >= 4 is 21.4 Å². The van der Waals surface area contributed by atoms with E-state index in [2.05, 4.69) is 15.0 Å². The number of nitrogens with zero attached hydrogens (tertiary/aromatic N) is 2. The molecule has 10 heteroatoms. The summed E-state index contributed by atoms with van der Waals surface area (Å²) in [4.78, 5) is 16.3. The summed E-state index contributed by atoms with van der Waals surface area (Å²) in [5.41, 5.74) is 0.936. The maximum absolute atomic E-state index is 12.5. The minimum atomic E-state index is -3.86. The molecule has 2 aromatic carbocycles. The molecule has 1 N–H and O–H groups in total. The minimum Gasteiger partial charge on any atom is -0.433 e. The van der Waals surface area contributed by atoms with Gasteiger partial charge in [0.05, 0.1) is 5.69 Å². The molecule has 30 heavy (non-hydrogen) atoms. The van der Waals surface area contributed by atoms with Crippen LogP contribution in [0.1, 0.15) is 11.4 Å². The average molecular weight is 435 g/mol. The van der Waals surface area contributed by atoms with Crippen LogP contribution < -0.4 is 10.1 Å². The van der Waals surface area contributed by atoms with Crippen molar-refractivity contribution in [3.8, 4) is 5.75 Å². The first kappa shape index (κ1) is 21.4. The van der Waals surface area contributed by atoms with Crippen LogP contribution in [-0.4, -0.2) is 36.2 Å². The van der Waals surface area contributed by atoms with Crippen LogP contribution in [0, 0.1) is 0 Å². The molecule has 0 unspecified atom stereocenters. The molecule has 0 spiro atoms. The van der Waals surface area contributed by atoms with Gasteiger partial charge in [0.25, 0.3) is 0 Å². The number of ether oxygens (including phenoxy) is 1. The lowest BCUT2D eigenvalue weighted by Gasteiger charge is -2.12. The van der Waals surface area contributed by atoms with Gasteiger partial charge < -0.3 is 14.6 Å². The van der Waals surface area contributed by atoms with Crippen molar-refractivity contribution < 1.29 is 26.7 Å². The van der Waals surface area contributed by atoms with Crippen LogP contribution in [0.5, 0.6) is 5.75 Å². The summed E-state index contributed by atoms with van der Waals surface area (Å²) < 4.78 is 56.0. The number of carbonyl (C=O) groups excluding carboxylic acids is 1. The molecule has 3 rings (SSSR count). The highest BCUT2D eigenvalue weighted by Crippen LogP contribution is 2.25. The Morgan fingerprint density at radius 2 is 1.80 bits per heavy atom. The Labute approximate surface area is 172 Å². The molecule has 158 valence electrons. The summed E-state index contributed by atoms with van der Waals surface area (Å²) in [6.45, 7) is -2.63. The molecule has 0 aliphatic carbocycles. The van der Waals surface area contributed by atoms with Gasteiger partial charge in [-0.2, -0.15) is 8.78 Å². The Hall–Kier alpha value is -3.27. The van der Waals surface area contributed by atoms with E-state index in [1.54, 1.807) is 10.8 Å². The number of sulfone groups is 1. The van der Waals surface area contributed by atoms with Gasteiger partial charge >= 0.3 is 6.61 Å². The molecular formula is C20H19F2N3O4S. The normalized spacial score (nSPS) is 11.4. The fraction of sp³-hybridized carbons (Fsp3) is 0.200. The number of para-hydroxylation sites is 2. The molecule has 0 atom stereocenters. The van der Waals surface area contributed by atoms with Crippen LogP contribution in [0.3, 0.4) is 0 Å². The zero-order chi connectivity index (χ0) is 21.6. The first-order valence-corrected chi connectivity index (χ1v) is 10.7. The fourth-order valence-electron chi connectivity index (χ4n) is 2.81. The summed E-state index contributed by atoms with van der Waals surface area (Å²) >= 11 is 0. The Morgan fingerprint density at radius 3 is 2.53 bits per heavy atom. The Bertz CT molecular complexity index is 1100. The number of nitrogens with one attached hydrogen (secondary N) is 1. The maximum Gasteiger partial charge on any atom is 0.387 e. The number of hydrogen-bond donors (Lipinski definition) is 1. The number of benzene rings is 2. The van der Waals surface area contributed by atoms with Gasteiger partial charge in [-0.05, 0) is 17.7 Å². The highest BCUT2D eigenvalue weighted by molar-refractivity contribution is 7.91. The second-order valence-corrected chi connectivity index (χ2v) is 8.48. The number of alkyl halides is 2. The van der Waals surface area contributed by atoms with Gasteiger partial charge in [0.2, 0.25) is 5.91 Å². The first-order chi connectivity index (χ1) is 14.3. The summed E-state index contributed by atoms with van der Waals surface area (Å²) in [7, 11) is -3.86. The number of aromatic nitrogens is 2. The lowest BCUT2D eigenvalue weighted by molar-refractivity contribution is -0.114. The number of anilines is 1. The zero-order valence-electron chi connectivity index (χ0n) is 15.7. The van der Waals surface area contributed by atoms with Crippen LogP contribution in [0.15, 0.2) is 67.0 Å². The largest absolute Gasteiger partial charge is 0.433 e. The van der Waals surface area contributed by atoms with Crippen molar-refractivity contribution in [1.82, 2.24) is 9.55 Å². The molecule has 0 fully saturated rings. The number of amides is 1. The zero-order valence-corrected chi connectivity index (χ0v) is 16.6. The molecule has 3 aromatic rings. The summed E-state index contributed by atoms with van der Waals surface area (Å²) in [6, 6.07) is 15.0. The van der Waals surface area contributed by atoms with Gasteiger partial charge in [0, 0.05) is 18.9 Å². The number of halogens is 2. The van der Waals surface area contributed by atoms with Gasteiger partial charge in [-0.25, -0.2) is 13.4 Å². The fourth-order valence-corrected chi connectivity index (χ4v) is 4.01. The summed E-state index contributed by atoms with van der Waals surface area (Å²) in [5, 5.41) is 2.30. The lowest BCUT2D eigenvalue weighted by atomic mass is 10.2. The quantitative estimate of drug-likeness (QED) is 0.558. The molecule has 0 saturated carbocycles. The highest BCUT2D eigenvalue weighted by Gasteiger charge is 2.21. The van der Waals surface area contributed by atoms with Crippen LogP contribution in [0.4, 0.5) is 14.5 Å². The number of rotatable bonds is 9. The Kier molecular flexibility index (Phi) is 6.78. The van der Waals surface area contributed by atoms with Crippen molar-refractivity contribution in [3.05, 3.63) is 78.4 Å². The molecule has 0 saturated heterocycles. The van der Waals surface area contributed by atoms with Crippen molar-refractivity contribution in [1.29, 1.82) is 0 Å². The third kappa shape index (κ3) is 6.11. The third-order valence-corrected chi connectivity index (χ3v) is 5.47. The van der Waals surface area contributed by atoms with Gasteiger partial charge in [-0.3, -0.25) is 4.79 Å². The topological polar surface area (TPSA) is 90.3 Å². The molecule has 0 aliphatic heterocycles. The second kappa shape index (κ2) is 9.49. The van der Waals surface area contributed by atoms with Crippen LogP contribution in [-0.2, 0) is 26.9 Å². The van der Waals surface area contributed by atoms with Crippen LogP contribution >= 0.6 is 0 Å². The van der Waals surface area contributed by atoms with Gasteiger partial charge in [0.15, 0.2) is 9.84 Å². The minimum absolute atomic E-state index is 0.0384. The van der Waals surface area contributed by atoms with Crippen molar-refractivity contribution in [3.63, 3.8) is 0 Å². The highest BCUT2D eigenvalue weighted by atomic mass is 32.2. The van der Waals surface area contributed by atoms with E-state index in [4.69, 9.17) is 0 Å². The molecule has 0 bridgehead atoms. The predicted octanol–water partition coefficient (Wildman–Crippen LogP) is 3.09. The smallest absolute Gasteiger partial charge is 0.387 e. The van der Waals surface area contributed by atoms with Crippen LogP contribution in [0.25, 0.3) is 0 Å². The van der Waals surface area contributed by atoms with Crippen molar-refractivity contribution in [2.45, 2.75) is 18.9 Å². The molecule has 1 aromatic heterocycles. The lowest BCUT2D eigenvalue weighted by Crippen LogP contribution is -2.25. The van der Waals surface area contributed by atoms with Gasteiger partial charge in [0.1, 0.15) is 23.1 Å². The Balaban J connectivity index is 1.65. The molecule has 0 radical (unpaired) electrons. The second-order valence-electron chi connectivity index (χ2n) is 6.41. The third-order valence-electron chi connectivity index (χ3n) is 4.07. The number of carbonyl (C=O) groups is 1. The standard InChI is InChI=1S/C20H19F2N3O4S/c21-20(22)29-17-9-5-4-8-16(17)24-19(26)14-30(27,28)13-18-23-10-11-25(18)12-15-6-2-1-3-7-15/h1-11,20H,12-14H2,(H,24,26). The van der Waals surface area contributed by atoms with E-state index in [1.807, 2.05) is 30.3 Å². The molecule has 7 nitrogen and oxygen atoms in total. The van der Waals surface area contributed by atoms with E-state index in [0.29, 0.717) is 12.4 Å². The molecule has 1 amide bonds. The average Bonchev–Trinajstić information content (AvgIpc) is 3.09. The van der Waals surface area contributed by atoms with E-state index < -0.39 is 33.9 Å². The summed E-state index contributed by atoms with van der Waals surface area (Å²) in [6.07, 6.45) is 3.15. The Morgan fingerprint density at radius 1 is 1.10 bits per heavy atom. The number of imidazole rings is 1. The van der Waals surface area contributed by atoms with E-state index in [9.17, 15) is 22.0 Å². The van der Waals surface area contributed by atoms with Gasteiger partial charge in [-0.1, -0.05) is 42.5 Å². The SMILES string of the molecule is O=C(CS(=O)(=O)Cc1nccn1Cc1ccccc1)Nc1ccccc1OC(F)F. The monoisotopic (exact) mass is 435 g/mol. The molecule has 1 heterocycles. The van der Waals surface area contributed by atoms with Crippen LogP contribution in [0.2, 0.25) is 0 Å². The van der Waals surface area contributed by atoms with Gasteiger partial charge in [-0.15, -0.1) is 0 Å². The predicted molar refractivity (Wildman–Crippen MR) is 107 cm³/mol. The van der Waals surface area contributed by atoms with Crippen molar-refractivity contribution in [2.24, 2.45) is 0 Å². The summed E-state index contributed by atoms with van der Waals surface area (Å²) in [5.74, 6) is -2.07. The van der Waals surface area contributed by atoms with E-state index >= 15 is 0 Å². The number of hydrogen-bond acceptors (Lipinski definition) is 5. The first-order valence-electron chi connectivity index (χ1n) is 8.90. The van der Waals surface area contributed by atoms with E-state index in [-0.39, 0.29) is 11.4 Å². The maximum atomic E-state index is 12.5.